The standard InChI is InChI=1S/C57H88O23/c1-11-25(3)47(71)79-44-45(80-48(72)26(4)12-2)57(24-61)28(19-52(44,5)6)27-13-14-32-53(7)17-16-34(54(8,23-60)31(53)15-18-55(32,9)56(27,10)20-33(57)62)75-51-43(78-50-39(67)37(65)35(63)29(21-58)73-50)41(40(68)42(77-51)46(69)70)76-49-38(66)36(64)30(22-59)74-49/h11-13,28-45,49-51,58-68H,14-24H2,1-10H3,(H,69,70)/t28?,29?,30-,31?,32?,33+,34-,35+,36?,37+,38-,39?,40-,41+,42?,43?,44-,45-,49-,50-,51+,53-,54+,55+,56+,57-/m0/s1. The first-order valence-corrected chi connectivity index (χ1v) is 28.2. The van der Waals surface area contributed by atoms with E-state index in [2.05, 4.69) is 26.8 Å². The van der Waals surface area contributed by atoms with Crippen molar-refractivity contribution in [3.63, 3.8) is 0 Å². The molecule has 0 aromatic carbocycles. The summed E-state index contributed by atoms with van der Waals surface area (Å²) in [7, 11) is 0. The molecule has 8 unspecified atom stereocenters. The van der Waals surface area contributed by atoms with Crippen molar-refractivity contribution in [3.8, 4) is 0 Å². The summed E-state index contributed by atoms with van der Waals surface area (Å²) in [6.45, 7) is 16.4. The number of rotatable bonds is 15. The molecule has 80 heavy (non-hydrogen) atoms. The van der Waals surface area contributed by atoms with Gasteiger partial charge in [-0.3, -0.25) is 0 Å². The molecular weight excluding hydrogens is 1050 g/mol. The van der Waals surface area contributed by atoms with Crippen LogP contribution in [0.15, 0.2) is 34.9 Å². The Balaban J connectivity index is 1.14. The van der Waals surface area contributed by atoms with Gasteiger partial charge in [-0.1, -0.05) is 65.3 Å². The third-order valence-corrected chi connectivity index (χ3v) is 21.4. The number of aliphatic hydroxyl groups is 11. The Kier molecular flexibility index (Phi) is 18.2. The van der Waals surface area contributed by atoms with Crippen molar-refractivity contribution in [3.05, 3.63) is 34.9 Å². The lowest BCUT2D eigenvalue weighted by molar-refractivity contribution is -0.387. The van der Waals surface area contributed by atoms with Crippen molar-refractivity contribution in [2.45, 2.75) is 225 Å². The number of aliphatic carboxylic acids is 1. The summed E-state index contributed by atoms with van der Waals surface area (Å²) < 4.78 is 49.0. The van der Waals surface area contributed by atoms with E-state index in [4.69, 9.17) is 37.9 Å². The molecule has 3 heterocycles. The molecule has 0 radical (unpaired) electrons. The van der Waals surface area contributed by atoms with Crippen molar-refractivity contribution < 1.29 is 114 Å². The lowest BCUT2D eigenvalue weighted by atomic mass is 9.33. The van der Waals surface area contributed by atoms with Gasteiger partial charge in [0.05, 0.1) is 44.1 Å². The molecule has 8 aliphatic rings. The number of hydrogen-bond donors (Lipinski definition) is 12. The minimum atomic E-state index is -2.15. The molecule has 0 aromatic rings. The highest BCUT2D eigenvalue weighted by molar-refractivity contribution is 5.89. The summed E-state index contributed by atoms with van der Waals surface area (Å²) >= 11 is 0. The van der Waals surface area contributed by atoms with Crippen molar-refractivity contribution >= 4 is 17.9 Å². The number of hydrogen-bond acceptors (Lipinski definition) is 22. The molecule has 0 spiro atoms. The molecule has 8 rings (SSSR count). The lowest BCUT2D eigenvalue weighted by Crippen LogP contribution is -2.72. The molecule has 23 heteroatoms. The van der Waals surface area contributed by atoms with Gasteiger partial charge in [0.1, 0.15) is 67.1 Å². The highest BCUT2D eigenvalue weighted by atomic mass is 16.8. The zero-order valence-electron chi connectivity index (χ0n) is 47.5. The quantitative estimate of drug-likeness (QED) is 0.0453. The molecule has 3 aliphatic heterocycles. The van der Waals surface area contributed by atoms with Gasteiger partial charge in [0, 0.05) is 22.0 Å². The third kappa shape index (κ3) is 9.95. The van der Waals surface area contributed by atoms with E-state index in [9.17, 15) is 75.7 Å². The fourth-order valence-corrected chi connectivity index (χ4v) is 16.2. The Morgan fingerprint density at radius 3 is 1.73 bits per heavy atom. The van der Waals surface area contributed by atoms with Crippen LogP contribution < -0.4 is 0 Å². The van der Waals surface area contributed by atoms with Gasteiger partial charge in [-0.25, -0.2) is 14.4 Å². The van der Waals surface area contributed by atoms with Gasteiger partial charge in [0.25, 0.3) is 0 Å². The second-order valence-electron chi connectivity index (χ2n) is 25.8. The van der Waals surface area contributed by atoms with Crippen LogP contribution in [-0.4, -0.2) is 216 Å². The predicted molar refractivity (Wildman–Crippen MR) is 277 cm³/mol. The second kappa shape index (κ2) is 23.1. The molecule has 26 atom stereocenters. The van der Waals surface area contributed by atoms with Crippen LogP contribution in [-0.2, 0) is 52.3 Å². The number of aliphatic hydroxyl groups excluding tert-OH is 11. The van der Waals surface area contributed by atoms with Gasteiger partial charge in [-0.2, -0.15) is 0 Å². The van der Waals surface area contributed by atoms with Crippen molar-refractivity contribution in [1.29, 1.82) is 0 Å². The summed E-state index contributed by atoms with van der Waals surface area (Å²) in [6.07, 6.45) is -21.9. The first-order valence-electron chi connectivity index (χ1n) is 28.2. The second-order valence-corrected chi connectivity index (χ2v) is 25.8. The van der Waals surface area contributed by atoms with Crippen LogP contribution in [0.1, 0.15) is 114 Å². The van der Waals surface area contributed by atoms with Gasteiger partial charge in [-0.15, -0.1) is 0 Å². The molecule has 3 saturated heterocycles. The highest BCUT2D eigenvalue weighted by Crippen LogP contribution is 2.76. The Hall–Kier alpha value is -3.05. The summed E-state index contributed by atoms with van der Waals surface area (Å²) in [6, 6.07) is 0. The minimum Gasteiger partial charge on any atom is -0.479 e. The summed E-state index contributed by atoms with van der Waals surface area (Å²) in [5.41, 5.74) is -3.55. The van der Waals surface area contributed by atoms with Gasteiger partial charge < -0.3 is 99.2 Å². The van der Waals surface area contributed by atoms with Gasteiger partial charge in [0.15, 0.2) is 31.1 Å². The summed E-state index contributed by atoms with van der Waals surface area (Å²) in [5.74, 6) is -3.87. The van der Waals surface area contributed by atoms with Crippen LogP contribution in [0.2, 0.25) is 0 Å². The van der Waals surface area contributed by atoms with Crippen LogP contribution in [0.4, 0.5) is 0 Å². The van der Waals surface area contributed by atoms with Gasteiger partial charge >= 0.3 is 17.9 Å². The van der Waals surface area contributed by atoms with Crippen molar-refractivity contribution in [2.24, 2.45) is 50.2 Å². The predicted octanol–water partition coefficient (Wildman–Crippen LogP) is 0.264. The van der Waals surface area contributed by atoms with Crippen LogP contribution in [0, 0.1) is 50.2 Å². The zero-order chi connectivity index (χ0) is 59.1. The molecule has 5 aliphatic carbocycles. The molecule has 23 nitrogen and oxygen atoms in total. The topological polar surface area (TPSA) is 368 Å². The number of carbonyl (C=O) groups is 3. The number of carbonyl (C=O) groups excluding carboxylic acids is 2. The van der Waals surface area contributed by atoms with Crippen molar-refractivity contribution in [1.82, 2.24) is 0 Å². The Morgan fingerprint density at radius 2 is 1.19 bits per heavy atom. The number of allylic oxidation sites excluding steroid dienone is 4. The fraction of sp³-hybridized carbons (Fsp3) is 0.842. The molecule has 4 saturated carbocycles. The normalized spacial score (nSPS) is 49.3. The number of esters is 2. The van der Waals surface area contributed by atoms with E-state index < -0.39 is 193 Å². The molecule has 454 valence electrons. The van der Waals surface area contributed by atoms with E-state index in [1.54, 1.807) is 39.8 Å². The fourth-order valence-electron chi connectivity index (χ4n) is 16.2. The van der Waals surface area contributed by atoms with Crippen LogP contribution in [0.3, 0.4) is 0 Å². The lowest BCUT2D eigenvalue weighted by Gasteiger charge is -2.72. The average molecular weight is 1140 g/mol. The van der Waals surface area contributed by atoms with Gasteiger partial charge in [-0.05, 0) is 107 Å². The minimum absolute atomic E-state index is 0.0864. The first-order chi connectivity index (χ1) is 37.5. The van der Waals surface area contributed by atoms with E-state index in [1.165, 1.54) is 0 Å². The number of ether oxygens (including phenoxy) is 8. The maximum Gasteiger partial charge on any atom is 0.335 e. The van der Waals surface area contributed by atoms with E-state index >= 15 is 0 Å². The highest BCUT2D eigenvalue weighted by Gasteiger charge is 2.74. The summed E-state index contributed by atoms with van der Waals surface area (Å²) in [4.78, 5) is 40.3. The van der Waals surface area contributed by atoms with Gasteiger partial charge in [0.2, 0.25) is 0 Å². The summed E-state index contributed by atoms with van der Waals surface area (Å²) in [5, 5.41) is 133. The molecule has 0 aromatic heterocycles. The first kappa shape index (κ1) is 63.0. The molecular formula is C57H88O23. The number of carboxylic acid groups (broad SMARTS) is 1. The average Bonchev–Trinajstić information content (AvgIpc) is 3.85. The Labute approximate surface area is 466 Å². The van der Waals surface area contributed by atoms with Crippen LogP contribution in [0.25, 0.3) is 0 Å². The molecule has 0 amide bonds. The number of carboxylic acids is 1. The monoisotopic (exact) mass is 1140 g/mol. The smallest absolute Gasteiger partial charge is 0.335 e. The number of fused-ring (bicyclic) bond motifs is 7. The Bertz CT molecular complexity index is 2380. The van der Waals surface area contributed by atoms with Crippen LogP contribution in [0.5, 0.6) is 0 Å². The Morgan fingerprint density at radius 1 is 0.637 bits per heavy atom. The molecule has 12 N–H and O–H groups in total. The van der Waals surface area contributed by atoms with Crippen molar-refractivity contribution in [2.75, 3.05) is 26.4 Å². The maximum absolute atomic E-state index is 13.8. The molecule has 7 fully saturated rings. The van der Waals surface area contributed by atoms with E-state index in [-0.39, 0.29) is 24.7 Å². The maximum atomic E-state index is 13.8. The molecule has 0 bridgehead atoms. The third-order valence-electron chi connectivity index (χ3n) is 21.4. The zero-order valence-corrected chi connectivity index (χ0v) is 47.5. The van der Waals surface area contributed by atoms with E-state index in [0.717, 1.165) is 5.57 Å². The van der Waals surface area contributed by atoms with E-state index in [0.29, 0.717) is 43.3 Å². The van der Waals surface area contributed by atoms with Crippen LogP contribution >= 0.6 is 0 Å². The van der Waals surface area contributed by atoms with E-state index in [1.807, 2.05) is 20.8 Å². The largest absolute Gasteiger partial charge is 0.479 e. The SMILES string of the molecule is CC=C(C)C(=O)O[C@H]1[C@H](OC(=O)C(C)=CC)[C@@]2(CO)C(CC1(C)C)C1=CCC3[C@@]4(C)CC[C@H](O[C@@H]5OC(C(=O)O)[C@@H](O)[C@@H](O[C@@H]6O[C@@H](CO)C(O)[C@@H]6O)C5O[C@@H]5OC(CO)[C@@H](O)[C@@H](O)C5O)[C@](C)(CO)C4CC[C@@]3(C)[C@]1(C)C[C@H]2O.